The van der Waals surface area contributed by atoms with Crippen molar-refractivity contribution in [1.82, 2.24) is 4.90 Å². The fraction of sp³-hybridized carbons (Fsp3) is 0.292. The van der Waals surface area contributed by atoms with Gasteiger partial charge in [0.2, 0.25) is 5.90 Å². The number of aliphatic imine (C=N–C) groups is 1. The van der Waals surface area contributed by atoms with Gasteiger partial charge in [-0.3, -0.25) is 4.90 Å². The molecule has 3 aliphatic rings. The Balaban J connectivity index is 1.48. The maximum atomic E-state index is 6.28. The molecule has 4 nitrogen and oxygen atoms in total. The largest absolute Gasteiger partial charge is 0.492 e. The lowest BCUT2D eigenvalue weighted by atomic mass is 9.96. The van der Waals surface area contributed by atoms with Crippen LogP contribution in [-0.2, 0) is 9.47 Å². The van der Waals surface area contributed by atoms with Crippen molar-refractivity contribution in [3.63, 3.8) is 0 Å². The van der Waals surface area contributed by atoms with Crippen LogP contribution in [0.4, 0.5) is 0 Å². The van der Waals surface area contributed by atoms with Crippen LogP contribution < -0.4 is 0 Å². The molecule has 1 saturated heterocycles. The van der Waals surface area contributed by atoms with E-state index >= 15 is 0 Å². The molecule has 2 aliphatic heterocycles. The van der Waals surface area contributed by atoms with E-state index < -0.39 is 0 Å². The number of hydrogen-bond donors (Lipinski definition) is 0. The molecule has 0 radical (unpaired) electrons. The molecule has 0 saturated carbocycles. The average Bonchev–Trinajstić information content (AvgIpc) is 3.02. The summed E-state index contributed by atoms with van der Waals surface area (Å²) in [6.07, 6.45) is 4.23. The molecule has 2 unspecified atom stereocenters. The summed E-state index contributed by atoms with van der Waals surface area (Å²) >= 11 is 0. The number of nitrogens with zero attached hydrogens (tertiary/aromatic N) is 2. The summed E-state index contributed by atoms with van der Waals surface area (Å²) in [5.41, 5.74) is 5.89. The third-order valence-corrected chi connectivity index (χ3v) is 5.67. The zero-order chi connectivity index (χ0) is 19.1. The highest BCUT2D eigenvalue weighted by molar-refractivity contribution is 5.99. The summed E-state index contributed by atoms with van der Waals surface area (Å²) in [6.45, 7) is 4.68. The summed E-state index contributed by atoms with van der Waals surface area (Å²) in [6, 6.07) is 16.8. The number of ether oxygens (including phenoxy) is 2. The van der Waals surface area contributed by atoms with E-state index in [0.29, 0.717) is 6.61 Å². The Morgan fingerprint density at radius 2 is 1.82 bits per heavy atom. The molecule has 4 heteroatoms. The molecule has 2 aromatic rings. The Morgan fingerprint density at radius 1 is 1.00 bits per heavy atom. The van der Waals surface area contributed by atoms with Crippen LogP contribution in [0.2, 0.25) is 0 Å². The Labute approximate surface area is 165 Å². The Kier molecular flexibility index (Phi) is 4.29. The van der Waals surface area contributed by atoms with Gasteiger partial charge in [-0.15, -0.1) is 0 Å². The number of benzene rings is 2. The molecule has 2 heterocycles. The van der Waals surface area contributed by atoms with Gasteiger partial charge in [-0.1, -0.05) is 42.5 Å². The third kappa shape index (κ3) is 3.04. The fourth-order valence-electron chi connectivity index (χ4n) is 4.13. The zero-order valence-corrected chi connectivity index (χ0v) is 16.3. The number of rotatable bonds is 2. The van der Waals surface area contributed by atoms with Crippen molar-refractivity contribution in [1.29, 1.82) is 0 Å². The van der Waals surface area contributed by atoms with Crippen LogP contribution in [-0.4, -0.2) is 49.7 Å². The molecule has 1 aliphatic carbocycles. The number of hydrogen-bond acceptors (Lipinski definition) is 4. The van der Waals surface area contributed by atoms with Crippen molar-refractivity contribution in [3.8, 4) is 11.1 Å². The number of likely N-dealkylation sites (N-methyl/N-ethyl adjacent to an activating group) is 1. The minimum absolute atomic E-state index is 0.0173. The third-order valence-electron chi connectivity index (χ3n) is 5.67. The second-order valence-corrected chi connectivity index (χ2v) is 7.66. The van der Waals surface area contributed by atoms with E-state index in [9.17, 15) is 0 Å². The number of fused-ring (bicyclic) bond motifs is 2. The van der Waals surface area contributed by atoms with Crippen molar-refractivity contribution in [2.75, 3.05) is 26.7 Å². The van der Waals surface area contributed by atoms with E-state index in [4.69, 9.17) is 14.5 Å². The first-order valence-corrected chi connectivity index (χ1v) is 9.83. The van der Waals surface area contributed by atoms with Crippen LogP contribution in [0.15, 0.2) is 77.0 Å². The first-order chi connectivity index (χ1) is 13.7. The van der Waals surface area contributed by atoms with Crippen molar-refractivity contribution in [2.45, 2.75) is 19.1 Å². The highest BCUT2D eigenvalue weighted by Gasteiger charge is 2.35. The van der Waals surface area contributed by atoms with Gasteiger partial charge < -0.3 is 9.47 Å². The molecule has 0 N–H and O–H groups in total. The topological polar surface area (TPSA) is 34.1 Å². The van der Waals surface area contributed by atoms with E-state index in [1.165, 1.54) is 22.3 Å². The standard InChI is InChI=1S/C24H24N2O2/c1-16-19(17-7-4-3-5-8-17)9-6-10-20(16)24-25-21-13-18-15-26(2)11-12-27-22(18)14-23(21)28-24/h3-10,13-14,21,23H,11-12,15H2,1-2H3. The van der Waals surface area contributed by atoms with Crippen LogP contribution in [0.1, 0.15) is 11.1 Å². The quantitative estimate of drug-likeness (QED) is 0.800. The van der Waals surface area contributed by atoms with Gasteiger partial charge in [0.05, 0.1) is 0 Å². The van der Waals surface area contributed by atoms with Crippen LogP contribution in [0, 0.1) is 6.92 Å². The Morgan fingerprint density at radius 3 is 2.68 bits per heavy atom. The summed E-state index contributed by atoms with van der Waals surface area (Å²) in [7, 11) is 2.12. The maximum absolute atomic E-state index is 6.28. The lowest BCUT2D eigenvalue weighted by Crippen LogP contribution is -2.26. The second kappa shape index (κ2) is 6.95. The molecule has 1 fully saturated rings. The second-order valence-electron chi connectivity index (χ2n) is 7.66. The molecule has 28 heavy (non-hydrogen) atoms. The van der Waals surface area contributed by atoms with Crippen molar-refractivity contribution >= 4 is 5.90 Å². The van der Waals surface area contributed by atoms with Gasteiger partial charge in [0.15, 0.2) is 0 Å². The van der Waals surface area contributed by atoms with Crippen molar-refractivity contribution < 1.29 is 9.47 Å². The van der Waals surface area contributed by atoms with Gasteiger partial charge in [0.1, 0.15) is 24.5 Å². The minimum Gasteiger partial charge on any atom is -0.492 e. The zero-order valence-electron chi connectivity index (χ0n) is 16.3. The summed E-state index contributed by atoms with van der Waals surface area (Å²) in [5.74, 6) is 1.68. The smallest absolute Gasteiger partial charge is 0.217 e. The summed E-state index contributed by atoms with van der Waals surface area (Å²) in [5, 5.41) is 0. The van der Waals surface area contributed by atoms with E-state index in [0.717, 1.165) is 30.3 Å². The van der Waals surface area contributed by atoms with E-state index in [1.54, 1.807) is 0 Å². The highest BCUT2D eigenvalue weighted by atomic mass is 16.5. The van der Waals surface area contributed by atoms with Crippen LogP contribution in [0.3, 0.4) is 0 Å². The Hall–Kier alpha value is -2.85. The van der Waals surface area contributed by atoms with E-state index in [-0.39, 0.29) is 12.1 Å². The van der Waals surface area contributed by atoms with E-state index in [2.05, 4.69) is 73.5 Å². The van der Waals surface area contributed by atoms with Crippen molar-refractivity contribution in [3.05, 3.63) is 83.1 Å². The van der Waals surface area contributed by atoms with Gasteiger partial charge >= 0.3 is 0 Å². The molecule has 142 valence electrons. The van der Waals surface area contributed by atoms with E-state index in [1.807, 2.05) is 6.07 Å². The molecule has 0 aromatic heterocycles. The van der Waals surface area contributed by atoms with Gasteiger partial charge in [-0.25, -0.2) is 4.99 Å². The minimum atomic E-state index is -0.0862. The van der Waals surface area contributed by atoms with Crippen molar-refractivity contribution in [2.24, 2.45) is 4.99 Å². The molecule has 2 aromatic carbocycles. The first-order valence-electron chi connectivity index (χ1n) is 9.83. The average molecular weight is 372 g/mol. The molecule has 5 rings (SSSR count). The van der Waals surface area contributed by atoms with Crippen LogP contribution >= 0.6 is 0 Å². The lowest BCUT2D eigenvalue weighted by Gasteiger charge is -2.21. The summed E-state index contributed by atoms with van der Waals surface area (Å²) < 4.78 is 12.2. The van der Waals surface area contributed by atoms with Crippen LogP contribution in [0.5, 0.6) is 0 Å². The highest BCUT2D eigenvalue weighted by Crippen LogP contribution is 2.33. The lowest BCUT2D eigenvalue weighted by molar-refractivity contribution is 0.193. The molecule has 0 bridgehead atoms. The SMILES string of the molecule is Cc1c(C2=NC3C=C4CN(C)CCOC4=CC3O2)cccc1-c1ccccc1. The Bertz CT molecular complexity index is 991. The fourth-order valence-corrected chi connectivity index (χ4v) is 4.13. The van der Waals surface area contributed by atoms with Crippen LogP contribution in [0.25, 0.3) is 11.1 Å². The van der Waals surface area contributed by atoms with Gasteiger partial charge in [0.25, 0.3) is 0 Å². The maximum Gasteiger partial charge on any atom is 0.217 e. The summed E-state index contributed by atoms with van der Waals surface area (Å²) in [4.78, 5) is 7.20. The predicted octanol–water partition coefficient (Wildman–Crippen LogP) is 3.96. The molecule has 0 amide bonds. The van der Waals surface area contributed by atoms with Gasteiger partial charge in [0, 0.05) is 30.3 Å². The van der Waals surface area contributed by atoms with Gasteiger partial charge in [-0.2, -0.15) is 0 Å². The molecular formula is C24H24N2O2. The normalized spacial score (nSPS) is 24.0. The molecular weight excluding hydrogens is 348 g/mol. The molecule has 0 spiro atoms. The van der Waals surface area contributed by atoms with Gasteiger partial charge in [-0.05, 0) is 42.8 Å². The molecule has 2 atom stereocenters. The predicted molar refractivity (Wildman–Crippen MR) is 111 cm³/mol. The first kappa shape index (κ1) is 17.3. The monoisotopic (exact) mass is 372 g/mol.